The van der Waals surface area contributed by atoms with Crippen LogP contribution in [0.2, 0.25) is 0 Å². The molecule has 2 N–H and O–H groups in total. The molecule has 1 unspecified atom stereocenters. The number of carbonyl (C=O) groups excluding carboxylic acids is 2. The van der Waals surface area contributed by atoms with E-state index in [1.807, 2.05) is 16.7 Å². The Labute approximate surface area is 133 Å². The fourth-order valence-electron chi connectivity index (χ4n) is 3.26. The first kappa shape index (κ1) is 17.1. The molecule has 2 fully saturated rings. The molecule has 1 spiro atoms. The van der Waals surface area contributed by atoms with Crippen molar-refractivity contribution in [1.82, 2.24) is 20.4 Å². The van der Waals surface area contributed by atoms with Crippen LogP contribution in [0.15, 0.2) is 0 Å². The van der Waals surface area contributed by atoms with Gasteiger partial charge in [0.15, 0.2) is 0 Å². The lowest BCUT2D eigenvalue weighted by atomic mass is 9.94. The van der Waals surface area contributed by atoms with Crippen molar-refractivity contribution in [3.63, 3.8) is 0 Å². The summed E-state index contributed by atoms with van der Waals surface area (Å²) in [5.74, 6) is 0.704. The molecule has 126 valence electrons. The van der Waals surface area contributed by atoms with E-state index in [9.17, 15) is 9.59 Å². The summed E-state index contributed by atoms with van der Waals surface area (Å²) < 4.78 is 0. The number of amides is 3. The van der Waals surface area contributed by atoms with Gasteiger partial charge in [-0.05, 0) is 12.3 Å². The maximum atomic E-state index is 12.2. The zero-order valence-corrected chi connectivity index (χ0v) is 14.2. The summed E-state index contributed by atoms with van der Waals surface area (Å²) in [6.07, 6.45) is 3.65. The normalized spacial score (nSPS) is 22.2. The largest absolute Gasteiger partial charge is 0.338 e. The molecule has 0 radical (unpaired) electrons. The van der Waals surface area contributed by atoms with Gasteiger partial charge in [-0.25, -0.2) is 4.79 Å². The molecule has 2 aliphatic heterocycles. The van der Waals surface area contributed by atoms with Crippen molar-refractivity contribution in [3.8, 4) is 0 Å². The van der Waals surface area contributed by atoms with Crippen molar-refractivity contribution in [2.45, 2.75) is 52.1 Å². The van der Waals surface area contributed by atoms with Gasteiger partial charge in [0.1, 0.15) is 0 Å². The maximum absolute atomic E-state index is 12.2. The summed E-state index contributed by atoms with van der Waals surface area (Å²) in [6, 6.07) is 0.0227. The van der Waals surface area contributed by atoms with E-state index in [-0.39, 0.29) is 17.6 Å². The highest BCUT2D eigenvalue weighted by atomic mass is 16.2. The average Bonchev–Trinajstić information content (AvgIpc) is 2.82. The van der Waals surface area contributed by atoms with Crippen molar-refractivity contribution >= 4 is 11.9 Å². The topological polar surface area (TPSA) is 64.7 Å². The average molecular weight is 310 g/mol. The van der Waals surface area contributed by atoms with Crippen LogP contribution in [-0.4, -0.2) is 60.1 Å². The second kappa shape index (κ2) is 7.31. The number of hydrogen-bond acceptors (Lipinski definition) is 3. The number of carbonyl (C=O) groups is 2. The van der Waals surface area contributed by atoms with E-state index in [1.165, 1.54) is 0 Å². The van der Waals surface area contributed by atoms with Crippen LogP contribution in [0.4, 0.5) is 4.79 Å². The molecule has 2 aliphatic rings. The SMILES string of the molecule is CCCNC(=O)N1CCC2(CC1)NCC(=O)N2CC(C)CC. The quantitative estimate of drug-likeness (QED) is 0.806. The first-order chi connectivity index (χ1) is 10.5. The summed E-state index contributed by atoms with van der Waals surface area (Å²) in [6.45, 7) is 9.75. The van der Waals surface area contributed by atoms with Gasteiger partial charge in [-0.1, -0.05) is 27.2 Å². The maximum Gasteiger partial charge on any atom is 0.317 e. The lowest BCUT2D eigenvalue weighted by Crippen LogP contribution is -2.60. The molecule has 0 aromatic rings. The summed E-state index contributed by atoms with van der Waals surface area (Å²) in [5.41, 5.74) is -0.234. The lowest BCUT2D eigenvalue weighted by Gasteiger charge is -2.45. The monoisotopic (exact) mass is 310 g/mol. The molecule has 0 aromatic carbocycles. The number of nitrogens with zero attached hydrogens (tertiary/aromatic N) is 2. The van der Waals surface area contributed by atoms with Gasteiger partial charge >= 0.3 is 6.03 Å². The summed E-state index contributed by atoms with van der Waals surface area (Å²) in [4.78, 5) is 28.2. The van der Waals surface area contributed by atoms with Crippen LogP contribution in [-0.2, 0) is 4.79 Å². The van der Waals surface area contributed by atoms with Gasteiger partial charge in [-0.3, -0.25) is 10.1 Å². The van der Waals surface area contributed by atoms with Crippen LogP contribution in [0, 0.1) is 5.92 Å². The van der Waals surface area contributed by atoms with Crippen molar-refractivity contribution < 1.29 is 9.59 Å². The van der Waals surface area contributed by atoms with E-state index < -0.39 is 0 Å². The van der Waals surface area contributed by atoms with E-state index in [1.54, 1.807) is 0 Å². The fourth-order valence-corrected chi connectivity index (χ4v) is 3.26. The first-order valence-electron chi connectivity index (χ1n) is 8.60. The summed E-state index contributed by atoms with van der Waals surface area (Å²) in [5, 5.41) is 6.35. The third-order valence-electron chi connectivity index (χ3n) is 4.98. The number of urea groups is 1. The Kier molecular flexibility index (Phi) is 5.67. The number of rotatable bonds is 5. The van der Waals surface area contributed by atoms with Crippen molar-refractivity contribution in [2.75, 3.05) is 32.7 Å². The van der Waals surface area contributed by atoms with E-state index in [2.05, 4.69) is 24.5 Å². The molecular formula is C16H30N4O2. The molecule has 3 amide bonds. The number of hydrogen-bond donors (Lipinski definition) is 2. The van der Waals surface area contributed by atoms with Crippen LogP contribution >= 0.6 is 0 Å². The van der Waals surface area contributed by atoms with E-state index in [4.69, 9.17) is 0 Å². The van der Waals surface area contributed by atoms with Gasteiger partial charge in [0, 0.05) is 39.0 Å². The van der Waals surface area contributed by atoms with E-state index in [0.29, 0.717) is 25.6 Å². The highest BCUT2D eigenvalue weighted by molar-refractivity contribution is 5.81. The Bertz CT molecular complexity index is 405. The van der Waals surface area contributed by atoms with Gasteiger partial charge in [0.25, 0.3) is 0 Å². The number of nitrogens with one attached hydrogen (secondary N) is 2. The van der Waals surface area contributed by atoms with Gasteiger partial charge in [0.05, 0.1) is 12.2 Å². The van der Waals surface area contributed by atoms with E-state index in [0.717, 1.165) is 38.8 Å². The first-order valence-corrected chi connectivity index (χ1v) is 8.60. The Balaban J connectivity index is 1.95. The molecule has 0 aromatic heterocycles. The smallest absolute Gasteiger partial charge is 0.317 e. The summed E-state index contributed by atoms with van der Waals surface area (Å²) in [7, 11) is 0. The lowest BCUT2D eigenvalue weighted by molar-refractivity contribution is -0.132. The van der Waals surface area contributed by atoms with E-state index >= 15 is 0 Å². The van der Waals surface area contributed by atoms with Crippen LogP contribution in [0.25, 0.3) is 0 Å². The van der Waals surface area contributed by atoms with Crippen LogP contribution in [0.1, 0.15) is 46.5 Å². The molecular weight excluding hydrogens is 280 g/mol. The fraction of sp³-hybridized carbons (Fsp3) is 0.875. The highest BCUT2D eigenvalue weighted by Crippen LogP contribution is 2.31. The summed E-state index contributed by atoms with van der Waals surface area (Å²) >= 11 is 0. The van der Waals surface area contributed by atoms with Crippen LogP contribution < -0.4 is 10.6 Å². The second-order valence-corrected chi connectivity index (χ2v) is 6.62. The Morgan fingerprint density at radius 2 is 2.05 bits per heavy atom. The minimum Gasteiger partial charge on any atom is -0.338 e. The minimum atomic E-state index is -0.234. The molecule has 0 aliphatic carbocycles. The third kappa shape index (κ3) is 3.54. The molecule has 1 atom stereocenters. The highest BCUT2D eigenvalue weighted by Gasteiger charge is 2.47. The van der Waals surface area contributed by atoms with Gasteiger partial charge < -0.3 is 15.1 Å². The third-order valence-corrected chi connectivity index (χ3v) is 4.98. The molecule has 0 bridgehead atoms. The van der Waals surface area contributed by atoms with Gasteiger partial charge in [0.2, 0.25) is 5.91 Å². The second-order valence-electron chi connectivity index (χ2n) is 6.62. The number of piperidine rings is 1. The Morgan fingerprint density at radius 3 is 2.64 bits per heavy atom. The molecule has 2 rings (SSSR count). The predicted octanol–water partition coefficient (Wildman–Crippen LogP) is 1.38. The molecule has 6 heteroatoms. The van der Waals surface area contributed by atoms with Gasteiger partial charge in [-0.15, -0.1) is 0 Å². The standard InChI is InChI=1S/C16H30N4O2/c1-4-8-17-15(22)19-9-6-16(7-10-19)18-11-14(21)20(16)12-13(3)5-2/h13,18H,4-12H2,1-3H3,(H,17,22). The number of likely N-dealkylation sites (tertiary alicyclic amines) is 1. The zero-order chi connectivity index (χ0) is 16.2. The van der Waals surface area contributed by atoms with Crippen LogP contribution in [0.5, 0.6) is 0 Å². The molecule has 2 heterocycles. The Morgan fingerprint density at radius 1 is 1.36 bits per heavy atom. The van der Waals surface area contributed by atoms with Crippen molar-refractivity contribution in [3.05, 3.63) is 0 Å². The van der Waals surface area contributed by atoms with Crippen molar-refractivity contribution in [2.24, 2.45) is 5.92 Å². The zero-order valence-electron chi connectivity index (χ0n) is 14.2. The molecule has 0 saturated carbocycles. The predicted molar refractivity (Wildman–Crippen MR) is 86.4 cm³/mol. The molecule has 22 heavy (non-hydrogen) atoms. The molecule has 6 nitrogen and oxygen atoms in total. The van der Waals surface area contributed by atoms with Crippen LogP contribution in [0.3, 0.4) is 0 Å². The Hall–Kier alpha value is -1.30. The van der Waals surface area contributed by atoms with Gasteiger partial charge in [-0.2, -0.15) is 0 Å². The molecule has 2 saturated heterocycles. The minimum absolute atomic E-state index is 0.0227. The van der Waals surface area contributed by atoms with Crippen molar-refractivity contribution in [1.29, 1.82) is 0 Å².